The Morgan fingerprint density at radius 2 is 2.00 bits per heavy atom. The Bertz CT molecular complexity index is 413. The van der Waals surface area contributed by atoms with E-state index in [0.717, 1.165) is 45.6 Å². The zero-order valence-electron chi connectivity index (χ0n) is 13.2. The highest BCUT2D eigenvalue weighted by Gasteiger charge is 2.20. The van der Waals surface area contributed by atoms with Crippen LogP contribution in [0.15, 0.2) is 17.5 Å². The highest BCUT2D eigenvalue weighted by molar-refractivity contribution is 7.10. The number of carbonyl (C=O) groups is 1. The van der Waals surface area contributed by atoms with Crippen LogP contribution in [0, 0.1) is 0 Å². The van der Waals surface area contributed by atoms with Crippen molar-refractivity contribution in [2.45, 2.75) is 32.7 Å². The third-order valence-electron chi connectivity index (χ3n) is 4.08. The first-order valence-electron chi connectivity index (χ1n) is 8.00. The summed E-state index contributed by atoms with van der Waals surface area (Å²) in [6.45, 7) is 10.1. The molecule has 1 aliphatic rings. The summed E-state index contributed by atoms with van der Waals surface area (Å²) < 4.78 is 0. The van der Waals surface area contributed by atoms with Crippen molar-refractivity contribution in [3.8, 4) is 0 Å². The molecule has 1 saturated heterocycles. The predicted octanol–water partition coefficient (Wildman–Crippen LogP) is 2.34. The molecule has 0 radical (unpaired) electrons. The molecule has 0 spiro atoms. The van der Waals surface area contributed by atoms with Gasteiger partial charge >= 0.3 is 0 Å². The summed E-state index contributed by atoms with van der Waals surface area (Å²) in [5.41, 5.74) is 0. The average Bonchev–Trinajstić information content (AvgIpc) is 3.02. The van der Waals surface area contributed by atoms with E-state index in [9.17, 15) is 4.79 Å². The summed E-state index contributed by atoms with van der Waals surface area (Å²) >= 11 is 1.73. The Morgan fingerprint density at radius 3 is 2.57 bits per heavy atom. The molecule has 1 fully saturated rings. The minimum atomic E-state index is 0.159. The summed E-state index contributed by atoms with van der Waals surface area (Å²) in [6.07, 6.45) is 2.09. The van der Waals surface area contributed by atoms with Gasteiger partial charge in [0.1, 0.15) is 0 Å². The van der Waals surface area contributed by atoms with Crippen molar-refractivity contribution in [3.63, 3.8) is 0 Å². The Morgan fingerprint density at radius 1 is 1.29 bits per heavy atom. The number of hydrogen-bond acceptors (Lipinski definition) is 4. The van der Waals surface area contributed by atoms with Crippen molar-refractivity contribution in [1.82, 2.24) is 15.1 Å². The molecule has 1 aliphatic heterocycles. The molecule has 2 rings (SSSR count). The second-order valence-electron chi connectivity index (χ2n) is 5.63. The molecule has 118 valence electrons. The number of piperazine rings is 1. The fraction of sp³-hybridized carbons (Fsp3) is 0.688. The van der Waals surface area contributed by atoms with Gasteiger partial charge in [0.05, 0.1) is 12.6 Å². The van der Waals surface area contributed by atoms with Crippen LogP contribution in [0.25, 0.3) is 0 Å². The Labute approximate surface area is 132 Å². The largest absolute Gasteiger partial charge is 0.347 e. The minimum Gasteiger partial charge on any atom is -0.347 e. The SMILES string of the molecule is CCCC(NC(=O)CN1CCN(CC)CC1)c1cccs1. The quantitative estimate of drug-likeness (QED) is 0.840. The van der Waals surface area contributed by atoms with E-state index < -0.39 is 0 Å². The number of likely N-dealkylation sites (N-methyl/N-ethyl adjacent to an activating group) is 1. The van der Waals surface area contributed by atoms with Crippen molar-refractivity contribution in [2.75, 3.05) is 39.3 Å². The summed E-state index contributed by atoms with van der Waals surface area (Å²) in [5.74, 6) is 0.159. The minimum absolute atomic E-state index is 0.159. The summed E-state index contributed by atoms with van der Waals surface area (Å²) in [5, 5.41) is 5.29. The molecule has 1 aromatic rings. The number of thiophene rings is 1. The molecule has 0 aromatic carbocycles. The van der Waals surface area contributed by atoms with E-state index in [0.29, 0.717) is 6.54 Å². The third kappa shape index (κ3) is 5.09. The van der Waals surface area contributed by atoms with Crippen molar-refractivity contribution < 1.29 is 4.79 Å². The number of rotatable bonds is 7. The van der Waals surface area contributed by atoms with Crippen LogP contribution in [0.4, 0.5) is 0 Å². The second kappa shape index (κ2) is 8.51. The van der Waals surface area contributed by atoms with E-state index >= 15 is 0 Å². The smallest absolute Gasteiger partial charge is 0.234 e. The van der Waals surface area contributed by atoms with E-state index in [1.165, 1.54) is 4.88 Å². The number of nitrogens with zero attached hydrogens (tertiary/aromatic N) is 2. The maximum absolute atomic E-state index is 12.3. The molecule has 5 heteroatoms. The lowest BCUT2D eigenvalue weighted by molar-refractivity contribution is -0.123. The monoisotopic (exact) mass is 309 g/mol. The van der Waals surface area contributed by atoms with Gasteiger partial charge in [-0.05, 0) is 24.4 Å². The Balaban J connectivity index is 1.80. The van der Waals surface area contributed by atoms with Gasteiger partial charge in [0.15, 0.2) is 0 Å². The van der Waals surface area contributed by atoms with Crippen molar-refractivity contribution >= 4 is 17.2 Å². The van der Waals surface area contributed by atoms with Gasteiger partial charge in [0.25, 0.3) is 0 Å². The maximum Gasteiger partial charge on any atom is 0.234 e. The molecule has 1 amide bonds. The van der Waals surface area contributed by atoms with Crippen LogP contribution < -0.4 is 5.32 Å². The predicted molar refractivity (Wildman–Crippen MR) is 88.7 cm³/mol. The molecule has 1 aromatic heterocycles. The second-order valence-corrected chi connectivity index (χ2v) is 6.61. The van der Waals surface area contributed by atoms with E-state index in [1.54, 1.807) is 11.3 Å². The van der Waals surface area contributed by atoms with Crippen LogP contribution in [0.1, 0.15) is 37.6 Å². The zero-order valence-corrected chi connectivity index (χ0v) is 14.0. The van der Waals surface area contributed by atoms with E-state index in [4.69, 9.17) is 0 Å². The average molecular weight is 309 g/mol. The van der Waals surface area contributed by atoms with Gasteiger partial charge < -0.3 is 10.2 Å². The fourth-order valence-corrected chi connectivity index (χ4v) is 3.58. The standard InChI is InChI=1S/C16H27N3OS/c1-3-6-14(15-7-5-12-21-15)17-16(20)13-19-10-8-18(4-2)9-11-19/h5,7,12,14H,3-4,6,8-11,13H2,1-2H3,(H,17,20). The van der Waals surface area contributed by atoms with Crippen LogP contribution in [-0.4, -0.2) is 55.0 Å². The van der Waals surface area contributed by atoms with Crippen molar-refractivity contribution in [3.05, 3.63) is 22.4 Å². The van der Waals surface area contributed by atoms with Gasteiger partial charge in [-0.25, -0.2) is 0 Å². The van der Waals surface area contributed by atoms with E-state index in [1.807, 2.05) is 0 Å². The molecule has 0 aliphatic carbocycles. The van der Waals surface area contributed by atoms with Crippen LogP contribution in [0.3, 0.4) is 0 Å². The lowest BCUT2D eigenvalue weighted by Crippen LogP contribution is -2.49. The number of carbonyl (C=O) groups excluding carboxylic acids is 1. The highest BCUT2D eigenvalue weighted by atomic mass is 32.1. The van der Waals surface area contributed by atoms with Gasteiger partial charge in [-0.2, -0.15) is 0 Å². The molecule has 0 bridgehead atoms. The van der Waals surface area contributed by atoms with Gasteiger partial charge in [-0.3, -0.25) is 9.69 Å². The first-order valence-corrected chi connectivity index (χ1v) is 8.88. The van der Waals surface area contributed by atoms with E-state index in [-0.39, 0.29) is 11.9 Å². The Kier molecular flexibility index (Phi) is 6.67. The van der Waals surface area contributed by atoms with Gasteiger partial charge in [0, 0.05) is 31.1 Å². The summed E-state index contributed by atoms with van der Waals surface area (Å²) in [7, 11) is 0. The summed E-state index contributed by atoms with van der Waals surface area (Å²) in [6, 6.07) is 4.35. The normalized spacial score (nSPS) is 18.6. The number of nitrogens with one attached hydrogen (secondary N) is 1. The van der Waals surface area contributed by atoms with Crippen molar-refractivity contribution in [2.24, 2.45) is 0 Å². The molecule has 1 atom stereocenters. The lowest BCUT2D eigenvalue weighted by atomic mass is 10.1. The van der Waals surface area contributed by atoms with Crippen LogP contribution in [0.5, 0.6) is 0 Å². The molecule has 0 saturated carbocycles. The van der Waals surface area contributed by atoms with Gasteiger partial charge in [-0.15, -0.1) is 11.3 Å². The maximum atomic E-state index is 12.3. The number of amides is 1. The summed E-state index contributed by atoms with van der Waals surface area (Å²) in [4.78, 5) is 18.2. The van der Waals surface area contributed by atoms with Crippen LogP contribution >= 0.6 is 11.3 Å². The zero-order chi connectivity index (χ0) is 15.1. The fourth-order valence-electron chi connectivity index (χ4n) is 2.77. The molecular weight excluding hydrogens is 282 g/mol. The highest BCUT2D eigenvalue weighted by Crippen LogP contribution is 2.23. The molecule has 1 N–H and O–H groups in total. The van der Waals surface area contributed by atoms with Gasteiger partial charge in [0.2, 0.25) is 5.91 Å². The molecule has 2 heterocycles. The number of hydrogen-bond donors (Lipinski definition) is 1. The Hall–Kier alpha value is -0.910. The van der Waals surface area contributed by atoms with Crippen LogP contribution in [-0.2, 0) is 4.79 Å². The van der Waals surface area contributed by atoms with E-state index in [2.05, 4.69) is 46.5 Å². The topological polar surface area (TPSA) is 35.6 Å². The lowest BCUT2D eigenvalue weighted by Gasteiger charge is -2.33. The first-order chi connectivity index (χ1) is 10.2. The first kappa shape index (κ1) is 16.5. The van der Waals surface area contributed by atoms with Gasteiger partial charge in [-0.1, -0.05) is 26.3 Å². The third-order valence-corrected chi connectivity index (χ3v) is 5.06. The molecular formula is C16H27N3OS. The molecule has 1 unspecified atom stereocenters. The molecule has 21 heavy (non-hydrogen) atoms. The van der Waals surface area contributed by atoms with Crippen LogP contribution in [0.2, 0.25) is 0 Å². The molecule has 4 nitrogen and oxygen atoms in total. The van der Waals surface area contributed by atoms with Crippen molar-refractivity contribution in [1.29, 1.82) is 0 Å².